The van der Waals surface area contributed by atoms with Crippen LogP contribution in [-0.4, -0.2) is 0 Å². The molecular formula is C7H3ClINS. The molecule has 0 fully saturated rings. The summed E-state index contributed by atoms with van der Waals surface area (Å²) in [4.78, 5) is 0.868. The third kappa shape index (κ3) is 1.58. The van der Waals surface area contributed by atoms with Crippen LogP contribution < -0.4 is 0 Å². The van der Waals surface area contributed by atoms with Crippen molar-refractivity contribution in [2.75, 3.05) is 0 Å². The Labute approximate surface area is 87.4 Å². The van der Waals surface area contributed by atoms with Crippen LogP contribution in [0.25, 0.3) is 6.08 Å². The molecule has 0 aliphatic heterocycles. The van der Waals surface area contributed by atoms with Crippen LogP contribution in [0.3, 0.4) is 0 Å². The van der Waals surface area contributed by atoms with Crippen molar-refractivity contribution < 1.29 is 0 Å². The monoisotopic (exact) mass is 295 g/mol. The van der Waals surface area contributed by atoms with Crippen molar-refractivity contribution in [2.24, 2.45) is 0 Å². The molecule has 0 aliphatic carbocycles. The van der Waals surface area contributed by atoms with Gasteiger partial charge in [-0.15, -0.1) is 11.3 Å². The third-order valence-electron chi connectivity index (χ3n) is 1.13. The van der Waals surface area contributed by atoms with Crippen LogP contribution in [0.5, 0.6) is 0 Å². The summed E-state index contributed by atoms with van der Waals surface area (Å²) in [5.41, 5.74) is 0.562. The smallest absolute Gasteiger partial charge is 0.103 e. The number of nitrogens with zero attached hydrogens (tertiary/aromatic N) is 1. The maximum absolute atomic E-state index is 8.64. The molecule has 0 spiro atoms. The van der Waals surface area contributed by atoms with Crippen LogP contribution in [0.15, 0.2) is 6.58 Å². The molecule has 0 amide bonds. The fourth-order valence-corrected chi connectivity index (χ4v) is 2.99. The summed E-state index contributed by atoms with van der Waals surface area (Å²) in [7, 11) is 0. The average Bonchev–Trinajstić information content (AvgIpc) is 2.26. The number of halogens is 2. The second-order valence-electron chi connectivity index (χ2n) is 1.74. The van der Waals surface area contributed by atoms with Crippen molar-refractivity contribution in [1.82, 2.24) is 0 Å². The molecule has 0 unspecified atom stereocenters. The lowest BCUT2D eigenvalue weighted by atomic mass is 10.3. The minimum absolute atomic E-state index is 0.525. The van der Waals surface area contributed by atoms with E-state index in [9.17, 15) is 0 Å². The van der Waals surface area contributed by atoms with Gasteiger partial charge in [-0.2, -0.15) is 5.26 Å². The topological polar surface area (TPSA) is 23.8 Å². The molecule has 0 saturated heterocycles. The maximum Gasteiger partial charge on any atom is 0.103 e. The van der Waals surface area contributed by atoms with E-state index < -0.39 is 0 Å². The second-order valence-corrected chi connectivity index (χ2v) is 4.99. The lowest BCUT2D eigenvalue weighted by molar-refractivity contribution is 1.50. The van der Waals surface area contributed by atoms with Crippen molar-refractivity contribution in [3.8, 4) is 6.07 Å². The first kappa shape index (κ1) is 9.04. The van der Waals surface area contributed by atoms with E-state index in [-0.39, 0.29) is 0 Å². The highest BCUT2D eigenvalue weighted by atomic mass is 127. The molecule has 1 aromatic rings. The summed E-state index contributed by atoms with van der Waals surface area (Å²) in [6.45, 7) is 3.59. The van der Waals surface area contributed by atoms with Gasteiger partial charge in [0.15, 0.2) is 0 Å². The van der Waals surface area contributed by atoms with E-state index in [0.717, 1.165) is 7.76 Å². The SMILES string of the molecule is C=Cc1sc(I)c(C#N)c1Cl. The first-order chi connectivity index (χ1) is 5.20. The number of hydrogen-bond donors (Lipinski definition) is 0. The molecule has 0 N–H and O–H groups in total. The van der Waals surface area contributed by atoms with Crippen molar-refractivity contribution >= 4 is 51.6 Å². The summed E-state index contributed by atoms with van der Waals surface area (Å²) in [5, 5.41) is 9.17. The molecule has 0 aromatic carbocycles. The highest BCUT2D eigenvalue weighted by molar-refractivity contribution is 14.1. The third-order valence-corrected chi connectivity index (χ3v) is 3.81. The van der Waals surface area contributed by atoms with Crippen molar-refractivity contribution in [3.05, 3.63) is 24.9 Å². The summed E-state index contributed by atoms with van der Waals surface area (Å²) in [6, 6.07) is 2.04. The first-order valence-corrected chi connectivity index (χ1v) is 4.98. The zero-order chi connectivity index (χ0) is 8.43. The minimum atomic E-state index is 0.525. The summed E-state index contributed by atoms with van der Waals surface area (Å²) < 4.78 is 0.921. The van der Waals surface area contributed by atoms with E-state index in [2.05, 4.69) is 29.2 Å². The number of hydrogen-bond acceptors (Lipinski definition) is 2. The summed E-state index contributed by atoms with van der Waals surface area (Å²) >= 11 is 9.42. The predicted molar refractivity (Wildman–Crippen MR) is 56.9 cm³/mol. The molecule has 0 bridgehead atoms. The quantitative estimate of drug-likeness (QED) is 0.727. The van der Waals surface area contributed by atoms with Gasteiger partial charge in [-0.3, -0.25) is 0 Å². The van der Waals surface area contributed by atoms with Crippen LogP contribution in [0.4, 0.5) is 0 Å². The Balaban J connectivity index is 3.39. The Bertz CT molecular complexity index is 337. The van der Waals surface area contributed by atoms with Crippen molar-refractivity contribution in [3.63, 3.8) is 0 Å². The molecule has 56 valence electrons. The van der Waals surface area contributed by atoms with E-state index in [1.54, 1.807) is 6.08 Å². The lowest BCUT2D eigenvalue weighted by Crippen LogP contribution is -1.70. The molecule has 1 nitrogen and oxygen atoms in total. The molecule has 0 saturated carbocycles. The molecule has 11 heavy (non-hydrogen) atoms. The lowest BCUT2D eigenvalue weighted by Gasteiger charge is -1.83. The van der Waals surface area contributed by atoms with Crippen LogP contribution in [0.1, 0.15) is 10.4 Å². The molecule has 0 radical (unpaired) electrons. The maximum atomic E-state index is 8.64. The zero-order valence-corrected chi connectivity index (χ0v) is 9.13. The highest BCUT2D eigenvalue weighted by Gasteiger charge is 2.11. The summed E-state index contributed by atoms with van der Waals surface area (Å²) in [5.74, 6) is 0. The molecule has 0 atom stereocenters. The standard InChI is InChI=1S/C7H3ClINS/c1-2-5-6(8)4(3-10)7(9)11-5/h2H,1H2. The van der Waals surface area contributed by atoms with E-state index in [4.69, 9.17) is 16.9 Å². The van der Waals surface area contributed by atoms with Crippen LogP contribution in [-0.2, 0) is 0 Å². The van der Waals surface area contributed by atoms with Gasteiger partial charge >= 0.3 is 0 Å². The number of rotatable bonds is 1. The summed E-state index contributed by atoms with van der Waals surface area (Å²) in [6.07, 6.45) is 1.66. The molecule has 1 aromatic heterocycles. The van der Waals surface area contributed by atoms with E-state index >= 15 is 0 Å². The van der Waals surface area contributed by atoms with Gasteiger partial charge in [0, 0.05) is 4.88 Å². The van der Waals surface area contributed by atoms with E-state index in [1.807, 2.05) is 6.07 Å². The molecule has 0 aliphatic rings. The van der Waals surface area contributed by atoms with Gasteiger partial charge in [-0.1, -0.05) is 24.3 Å². The highest BCUT2D eigenvalue weighted by Crippen LogP contribution is 2.33. The van der Waals surface area contributed by atoms with Gasteiger partial charge in [-0.05, 0) is 22.6 Å². The van der Waals surface area contributed by atoms with E-state index in [1.165, 1.54) is 11.3 Å². The zero-order valence-electron chi connectivity index (χ0n) is 5.40. The number of thiophene rings is 1. The Morgan fingerprint density at radius 3 is 2.64 bits per heavy atom. The van der Waals surface area contributed by atoms with E-state index in [0.29, 0.717) is 10.6 Å². The minimum Gasteiger partial charge on any atom is -0.192 e. The molecule has 4 heteroatoms. The molecule has 1 heterocycles. The average molecular weight is 296 g/mol. The first-order valence-electron chi connectivity index (χ1n) is 2.71. The van der Waals surface area contributed by atoms with Crippen molar-refractivity contribution in [1.29, 1.82) is 5.26 Å². The Hall–Kier alpha value is -0.0500. The molecule has 1 rings (SSSR count). The van der Waals surface area contributed by atoms with Gasteiger partial charge in [-0.25, -0.2) is 0 Å². The second kappa shape index (κ2) is 3.57. The van der Waals surface area contributed by atoms with Gasteiger partial charge in [0.25, 0.3) is 0 Å². The van der Waals surface area contributed by atoms with Gasteiger partial charge in [0.1, 0.15) is 6.07 Å². The Morgan fingerprint density at radius 1 is 1.73 bits per heavy atom. The Morgan fingerprint density at radius 2 is 2.36 bits per heavy atom. The Kier molecular flexibility index (Phi) is 2.93. The predicted octanol–water partition coefficient (Wildman–Crippen LogP) is 3.52. The van der Waals surface area contributed by atoms with Gasteiger partial charge < -0.3 is 0 Å². The van der Waals surface area contributed by atoms with Crippen LogP contribution in [0.2, 0.25) is 5.02 Å². The van der Waals surface area contributed by atoms with Gasteiger partial charge in [0.05, 0.1) is 13.5 Å². The normalized spacial score (nSPS) is 9.18. The van der Waals surface area contributed by atoms with Crippen molar-refractivity contribution in [2.45, 2.75) is 0 Å². The molecular weight excluding hydrogens is 293 g/mol. The van der Waals surface area contributed by atoms with Crippen LogP contribution >= 0.6 is 45.5 Å². The van der Waals surface area contributed by atoms with Gasteiger partial charge in [0.2, 0.25) is 0 Å². The fourth-order valence-electron chi connectivity index (χ4n) is 0.626. The number of nitriles is 1. The fraction of sp³-hybridized carbons (Fsp3) is 0. The van der Waals surface area contributed by atoms with Crippen LogP contribution in [0, 0.1) is 14.2 Å². The largest absolute Gasteiger partial charge is 0.192 e.